The van der Waals surface area contributed by atoms with Gasteiger partial charge in [-0.2, -0.15) is 0 Å². The molecule has 2 aromatic carbocycles. The molecule has 5 heteroatoms. The number of benzene rings is 2. The largest absolute Gasteiger partial charge is 0.329 e. The Balaban J connectivity index is 1.76. The third-order valence-corrected chi connectivity index (χ3v) is 5.85. The molecule has 2 aromatic rings. The lowest BCUT2D eigenvalue weighted by atomic mass is 9.73. The lowest BCUT2D eigenvalue weighted by Crippen LogP contribution is -2.38. The minimum absolute atomic E-state index is 0.0276. The molecule has 132 valence electrons. The molecule has 1 N–H and O–H groups in total. The van der Waals surface area contributed by atoms with E-state index >= 15 is 0 Å². The van der Waals surface area contributed by atoms with Gasteiger partial charge in [-0.1, -0.05) is 59.6 Å². The number of hydrogen-bond acceptors (Lipinski definition) is 2. The van der Waals surface area contributed by atoms with Crippen molar-refractivity contribution in [1.82, 2.24) is 5.32 Å². The van der Waals surface area contributed by atoms with E-state index in [4.69, 9.17) is 23.2 Å². The van der Waals surface area contributed by atoms with Crippen LogP contribution in [0.15, 0.2) is 59.8 Å². The Bertz CT molecular complexity index is 935. The second kappa shape index (κ2) is 6.90. The van der Waals surface area contributed by atoms with E-state index in [0.29, 0.717) is 34.2 Å². The van der Waals surface area contributed by atoms with Crippen molar-refractivity contribution >= 4 is 34.9 Å². The average Bonchev–Trinajstić information content (AvgIpc) is 2.61. The smallest absolute Gasteiger partial charge is 0.225 e. The maximum atomic E-state index is 13.0. The topological polar surface area (TPSA) is 46.2 Å². The normalized spacial score (nSPS) is 22.8. The van der Waals surface area contributed by atoms with Gasteiger partial charge in [-0.3, -0.25) is 9.59 Å². The van der Waals surface area contributed by atoms with E-state index in [1.165, 1.54) is 0 Å². The molecule has 0 bridgehead atoms. The highest BCUT2D eigenvalue weighted by Gasteiger charge is 2.39. The zero-order valence-corrected chi connectivity index (χ0v) is 15.5. The van der Waals surface area contributed by atoms with Crippen molar-refractivity contribution in [3.8, 4) is 0 Å². The van der Waals surface area contributed by atoms with Crippen LogP contribution in [0, 0.1) is 0 Å². The first kappa shape index (κ1) is 17.3. The minimum Gasteiger partial charge on any atom is -0.329 e. The fourth-order valence-corrected chi connectivity index (χ4v) is 4.57. The van der Waals surface area contributed by atoms with Crippen LogP contribution in [0.2, 0.25) is 10.0 Å². The Morgan fingerprint density at radius 3 is 2.08 bits per heavy atom. The molecule has 1 amide bonds. The van der Waals surface area contributed by atoms with Crippen LogP contribution in [0.25, 0.3) is 0 Å². The fourth-order valence-electron chi connectivity index (χ4n) is 4.01. The lowest BCUT2D eigenvalue weighted by Gasteiger charge is -2.35. The number of halogens is 2. The van der Waals surface area contributed by atoms with E-state index in [0.717, 1.165) is 11.1 Å². The molecule has 0 fully saturated rings. The molecule has 0 radical (unpaired) electrons. The second-order valence-electron chi connectivity index (χ2n) is 6.77. The van der Waals surface area contributed by atoms with Gasteiger partial charge < -0.3 is 5.32 Å². The molecule has 1 heterocycles. The Morgan fingerprint density at radius 2 is 1.42 bits per heavy atom. The van der Waals surface area contributed by atoms with Gasteiger partial charge in [0.1, 0.15) is 0 Å². The Morgan fingerprint density at radius 1 is 0.808 bits per heavy atom. The summed E-state index contributed by atoms with van der Waals surface area (Å²) < 4.78 is 0. The molecule has 1 aliphatic heterocycles. The number of nitrogens with one attached hydrogen (secondary N) is 1. The summed E-state index contributed by atoms with van der Waals surface area (Å²) in [5.74, 6) is -0.338. The molecule has 2 unspecified atom stereocenters. The predicted molar refractivity (Wildman–Crippen MR) is 102 cm³/mol. The summed E-state index contributed by atoms with van der Waals surface area (Å²) in [5, 5.41) is 4.16. The SMILES string of the molecule is O=C1CC(c2ccccc2Cl)C2=C(CC(c3ccccc3Cl)CC2=O)N1. The highest BCUT2D eigenvalue weighted by atomic mass is 35.5. The first-order chi connectivity index (χ1) is 12.5. The summed E-state index contributed by atoms with van der Waals surface area (Å²) in [6, 6.07) is 15.0. The van der Waals surface area contributed by atoms with Crippen LogP contribution in [-0.2, 0) is 9.59 Å². The molecule has 26 heavy (non-hydrogen) atoms. The van der Waals surface area contributed by atoms with Gasteiger partial charge in [0.25, 0.3) is 0 Å². The van der Waals surface area contributed by atoms with Gasteiger partial charge in [0, 0.05) is 40.1 Å². The number of carbonyl (C=O) groups is 2. The van der Waals surface area contributed by atoms with Crippen molar-refractivity contribution in [3.63, 3.8) is 0 Å². The Hall–Kier alpha value is -2.10. The van der Waals surface area contributed by atoms with E-state index in [1.807, 2.05) is 42.5 Å². The number of carbonyl (C=O) groups excluding carboxylic acids is 2. The molecule has 0 aromatic heterocycles. The van der Waals surface area contributed by atoms with Crippen LogP contribution in [-0.4, -0.2) is 11.7 Å². The van der Waals surface area contributed by atoms with Gasteiger partial charge in [0.05, 0.1) is 0 Å². The van der Waals surface area contributed by atoms with Crippen molar-refractivity contribution in [3.05, 3.63) is 81.0 Å². The number of Topliss-reactive ketones (excluding diaryl/α,β-unsaturated/α-hetero) is 1. The quantitative estimate of drug-likeness (QED) is 0.790. The number of amides is 1. The lowest BCUT2D eigenvalue weighted by molar-refractivity contribution is -0.122. The molecule has 3 nitrogen and oxygen atoms in total. The monoisotopic (exact) mass is 385 g/mol. The van der Waals surface area contributed by atoms with Crippen LogP contribution in [0.4, 0.5) is 0 Å². The van der Waals surface area contributed by atoms with E-state index in [1.54, 1.807) is 6.07 Å². The van der Waals surface area contributed by atoms with Gasteiger partial charge >= 0.3 is 0 Å². The summed E-state index contributed by atoms with van der Waals surface area (Å²) in [6.07, 6.45) is 1.22. The highest BCUT2D eigenvalue weighted by molar-refractivity contribution is 6.32. The predicted octanol–water partition coefficient (Wildman–Crippen LogP) is 5.00. The summed E-state index contributed by atoms with van der Waals surface area (Å²) in [5.41, 5.74) is 3.19. The molecular formula is C21H17Cl2NO2. The maximum Gasteiger partial charge on any atom is 0.225 e. The summed E-state index contributed by atoms with van der Waals surface area (Å²) in [7, 11) is 0. The molecular weight excluding hydrogens is 369 g/mol. The fraction of sp³-hybridized carbons (Fsp3) is 0.238. The number of rotatable bonds is 2. The van der Waals surface area contributed by atoms with Gasteiger partial charge in [0.15, 0.2) is 5.78 Å². The molecule has 0 spiro atoms. The van der Waals surface area contributed by atoms with Gasteiger partial charge in [-0.05, 0) is 35.6 Å². The Labute approximate surface area is 162 Å². The number of allylic oxidation sites excluding steroid dienone is 2. The number of hydrogen-bond donors (Lipinski definition) is 1. The maximum absolute atomic E-state index is 13.0. The summed E-state index contributed by atoms with van der Waals surface area (Å²) in [6.45, 7) is 0. The summed E-state index contributed by atoms with van der Waals surface area (Å²) in [4.78, 5) is 25.3. The van der Waals surface area contributed by atoms with E-state index in [-0.39, 0.29) is 29.9 Å². The van der Waals surface area contributed by atoms with Gasteiger partial charge in [0.2, 0.25) is 5.91 Å². The molecule has 1 aliphatic carbocycles. The van der Waals surface area contributed by atoms with Crippen LogP contribution in [0.1, 0.15) is 42.2 Å². The zero-order chi connectivity index (χ0) is 18.3. The van der Waals surface area contributed by atoms with Gasteiger partial charge in [-0.25, -0.2) is 0 Å². The molecule has 0 saturated carbocycles. The van der Waals surface area contributed by atoms with Crippen LogP contribution in [0.5, 0.6) is 0 Å². The minimum atomic E-state index is -0.285. The zero-order valence-electron chi connectivity index (χ0n) is 14.0. The first-order valence-corrected chi connectivity index (χ1v) is 9.35. The molecule has 0 saturated heterocycles. The van der Waals surface area contributed by atoms with Crippen LogP contribution in [0.3, 0.4) is 0 Å². The third-order valence-electron chi connectivity index (χ3n) is 5.16. The van der Waals surface area contributed by atoms with E-state index in [2.05, 4.69) is 5.32 Å². The Kier molecular flexibility index (Phi) is 4.60. The highest BCUT2D eigenvalue weighted by Crippen LogP contribution is 2.44. The average molecular weight is 386 g/mol. The van der Waals surface area contributed by atoms with Crippen molar-refractivity contribution in [2.45, 2.75) is 31.1 Å². The standard InChI is InChI=1S/C21H17Cl2NO2/c22-16-7-3-1-5-13(16)12-9-18-21(19(25)10-12)15(11-20(26)24-18)14-6-2-4-8-17(14)23/h1-8,12,15H,9-11H2,(H,24,26). The van der Waals surface area contributed by atoms with E-state index in [9.17, 15) is 9.59 Å². The second-order valence-corrected chi connectivity index (χ2v) is 7.58. The summed E-state index contributed by atoms with van der Waals surface area (Å²) >= 11 is 12.7. The van der Waals surface area contributed by atoms with Crippen LogP contribution < -0.4 is 5.32 Å². The third kappa shape index (κ3) is 3.06. The molecule has 2 aliphatic rings. The molecule has 2 atom stereocenters. The van der Waals surface area contributed by atoms with Crippen LogP contribution >= 0.6 is 23.2 Å². The van der Waals surface area contributed by atoms with Gasteiger partial charge in [-0.15, -0.1) is 0 Å². The van der Waals surface area contributed by atoms with Crippen molar-refractivity contribution < 1.29 is 9.59 Å². The van der Waals surface area contributed by atoms with Crippen molar-refractivity contribution in [2.24, 2.45) is 0 Å². The van der Waals surface area contributed by atoms with Crippen molar-refractivity contribution in [1.29, 1.82) is 0 Å². The van der Waals surface area contributed by atoms with Crippen molar-refractivity contribution in [2.75, 3.05) is 0 Å². The van der Waals surface area contributed by atoms with E-state index < -0.39 is 0 Å². The molecule has 4 rings (SSSR count). The first-order valence-electron chi connectivity index (χ1n) is 8.59. The number of ketones is 1.